The molecule has 0 radical (unpaired) electrons. The van der Waals surface area contributed by atoms with Gasteiger partial charge in [-0.15, -0.1) is 0 Å². The van der Waals surface area contributed by atoms with Crippen LogP contribution in [0.2, 0.25) is 0 Å². The van der Waals surface area contributed by atoms with Crippen molar-refractivity contribution in [1.29, 1.82) is 0 Å². The fourth-order valence-corrected chi connectivity index (χ4v) is 4.32. The highest BCUT2D eigenvalue weighted by Gasteiger charge is 2.61. The first kappa shape index (κ1) is 32.7. The number of alkyl halides is 2. The molecule has 0 saturated carbocycles. The normalized spacial score (nSPS) is 24.5. The number of rotatable bonds is 18. The molecule has 1 saturated heterocycles. The lowest BCUT2D eigenvalue weighted by Gasteiger charge is -2.32. The molecule has 2 rings (SSSR count). The lowest BCUT2D eigenvalue weighted by Crippen LogP contribution is -2.57. The van der Waals surface area contributed by atoms with Gasteiger partial charge in [0.05, 0.1) is 6.17 Å². The van der Waals surface area contributed by atoms with Crippen LogP contribution >= 0.6 is 0 Å². The predicted octanol–water partition coefficient (Wildman–Crippen LogP) is 5.07. The maximum atomic E-state index is 14.5. The molecular weight excluding hydrogens is 510 g/mol. The minimum atomic E-state index is -3.77. The van der Waals surface area contributed by atoms with Crippen LogP contribution in [0.25, 0.3) is 0 Å². The number of hydrogen-bond donors (Lipinski definition) is 4. The van der Waals surface area contributed by atoms with E-state index in [1.165, 1.54) is 44.6 Å². The minimum Gasteiger partial charge on any atom is -0.447 e. The van der Waals surface area contributed by atoms with Crippen molar-refractivity contribution >= 4 is 12.1 Å². The molecule has 2 aliphatic rings. The molecule has 1 unspecified atom stereocenters. The molecule has 0 aromatic carbocycles. The number of nitrogens with two attached hydrogens (primary N) is 1. The number of amides is 3. The highest BCUT2D eigenvalue weighted by atomic mass is 19.3. The number of carbonyl (C=O) groups is 2. The van der Waals surface area contributed by atoms with Gasteiger partial charge in [-0.3, -0.25) is 4.90 Å². The second-order valence-electron chi connectivity index (χ2n) is 9.98. The predicted molar refractivity (Wildman–Crippen MR) is 146 cm³/mol. The first-order valence-corrected chi connectivity index (χ1v) is 14.2. The van der Waals surface area contributed by atoms with Gasteiger partial charge >= 0.3 is 18.0 Å². The summed E-state index contributed by atoms with van der Waals surface area (Å²) in [6, 6.07) is -0.880. The van der Waals surface area contributed by atoms with Crippen LogP contribution in [-0.2, 0) is 9.47 Å². The molecule has 0 aromatic rings. The van der Waals surface area contributed by atoms with Crippen molar-refractivity contribution in [3.63, 3.8) is 0 Å². The lowest BCUT2D eigenvalue weighted by atomic mass is 10.1. The van der Waals surface area contributed by atoms with Crippen LogP contribution in [0, 0.1) is 0 Å². The third-order valence-electron chi connectivity index (χ3n) is 6.64. The summed E-state index contributed by atoms with van der Waals surface area (Å²) in [6.07, 6.45) is 17.4. The zero-order valence-corrected chi connectivity index (χ0v) is 23.0. The molecule has 222 valence electrons. The number of allylic oxidation sites excluding steroid dienone is 4. The van der Waals surface area contributed by atoms with Crippen molar-refractivity contribution < 1.29 is 33.0 Å². The first-order chi connectivity index (χ1) is 18.8. The van der Waals surface area contributed by atoms with Gasteiger partial charge in [-0.25, -0.2) is 9.59 Å². The third-order valence-corrected chi connectivity index (χ3v) is 6.64. The van der Waals surface area contributed by atoms with Crippen LogP contribution in [0.5, 0.6) is 0 Å². The Bertz CT molecular complexity index is 824. The van der Waals surface area contributed by atoms with Gasteiger partial charge in [-0.05, 0) is 44.6 Å². The Hall–Kier alpha value is -2.50. The highest BCUT2D eigenvalue weighted by molar-refractivity contribution is 5.77. The van der Waals surface area contributed by atoms with E-state index in [4.69, 9.17) is 15.2 Å². The van der Waals surface area contributed by atoms with Gasteiger partial charge in [0, 0.05) is 12.7 Å². The highest BCUT2D eigenvalue weighted by Crippen LogP contribution is 2.38. The van der Waals surface area contributed by atoms with E-state index in [9.17, 15) is 23.5 Å². The fraction of sp³-hybridized carbons (Fsp3) is 0.714. The molecule has 11 heteroatoms. The van der Waals surface area contributed by atoms with Crippen molar-refractivity contribution in [3.8, 4) is 0 Å². The summed E-state index contributed by atoms with van der Waals surface area (Å²) in [5, 5.41) is 14.9. The zero-order chi connectivity index (χ0) is 28.5. The quantitative estimate of drug-likeness (QED) is 0.138. The molecule has 0 aliphatic carbocycles. The van der Waals surface area contributed by atoms with E-state index in [0.717, 1.165) is 44.7 Å². The second-order valence-corrected chi connectivity index (χ2v) is 9.98. The number of aliphatic hydroxyl groups is 1. The standard InChI is InChI=1S/C28H46F2N4O5/c1-2-3-4-5-6-7-8-9-10-11-12-13-14-15-16-17-19-32-27(37)38-21-22-24(35)28(29,30)25(39-22)34-20-18-23(31)33-26(34)36/h6-7,9-10,18,20,22-25,35H,2-5,8,11-17,19,21,31H2,1H3,(H,32,37)(H,33,36)/t22-,23?,24-,25-/m1/s1. The molecule has 5 N–H and O–H groups in total. The molecule has 1 fully saturated rings. The summed E-state index contributed by atoms with van der Waals surface area (Å²) in [6.45, 7) is 2.04. The third kappa shape index (κ3) is 11.6. The Morgan fingerprint density at radius 3 is 2.44 bits per heavy atom. The Morgan fingerprint density at radius 2 is 1.77 bits per heavy atom. The van der Waals surface area contributed by atoms with Crippen molar-refractivity contribution in [2.45, 2.75) is 114 Å². The number of nitrogens with zero attached hydrogens (tertiary/aromatic N) is 1. The maximum Gasteiger partial charge on any atom is 0.407 e. The molecule has 2 aliphatic heterocycles. The van der Waals surface area contributed by atoms with Crippen LogP contribution in [0.3, 0.4) is 0 Å². The average Bonchev–Trinajstić information content (AvgIpc) is 3.12. The van der Waals surface area contributed by atoms with Crippen molar-refractivity contribution in [2.24, 2.45) is 5.73 Å². The topological polar surface area (TPSA) is 126 Å². The Balaban J connectivity index is 1.49. The monoisotopic (exact) mass is 556 g/mol. The SMILES string of the molecule is CCCCCC=CCC=CCCCCCCCCNC(=O)OC[C@H]1O[C@@H](N2C=CC(N)NC2=O)C(F)(F)[C@@H]1O. The molecule has 0 spiro atoms. The Labute approximate surface area is 230 Å². The number of aliphatic hydroxyl groups excluding tert-OH is 1. The molecular formula is C28H46F2N4O5. The van der Waals surface area contributed by atoms with E-state index < -0.39 is 49.3 Å². The van der Waals surface area contributed by atoms with Gasteiger partial charge in [-0.1, -0.05) is 69.8 Å². The van der Waals surface area contributed by atoms with Gasteiger partial charge < -0.3 is 30.9 Å². The lowest BCUT2D eigenvalue weighted by molar-refractivity contribution is -0.145. The molecule has 2 heterocycles. The molecule has 4 atom stereocenters. The van der Waals surface area contributed by atoms with Gasteiger partial charge in [0.2, 0.25) is 6.23 Å². The number of carbonyl (C=O) groups excluding carboxylic acids is 2. The minimum absolute atomic E-state index is 0.402. The Morgan fingerprint density at radius 1 is 1.13 bits per heavy atom. The fourth-order valence-electron chi connectivity index (χ4n) is 4.32. The van der Waals surface area contributed by atoms with Gasteiger partial charge in [0.25, 0.3) is 0 Å². The van der Waals surface area contributed by atoms with Gasteiger partial charge in [0.1, 0.15) is 12.7 Å². The first-order valence-electron chi connectivity index (χ1n) is 14.2. The Kier molecular flexibility index (Phi) is 15.1. The smallest absolute Gasteiger partial charge is 0.407 e. The number of halogens is 2. The number of hydrogen-bond acceptors (Lipinski definition) is 6. The second kappa shape index (κ2) is 18.0. The van der Waals surface area contributed by atoms with E-state index in [-0.39, 0.29) is 0 Å². The van der Waals surface area contributed by atoms with Crippen LogP contribution in [0.15, 0.2) is 36.6 Å². The van der Waals surface area contributed by atoms with E-state index in [2.05, 4.69) is 41.9 Å². The van der Waals surface area contributed by atoms with Gasteiger partial charge in [-0.2, -0.15) is 8.78 Å². The van der Waals surface area contributed by atoms with Crippen molar-refractivity contribution in [2.75, 3.05) is 13.2 Å². The summed E-state index contributed by atoms with van der Waals surface area (Å²) >= 11 is 0. The van der Waals surface area contributed by atoms with Crippen LogP contribution in [0.4, 0.5) is 18.4 Å². The molecule has 0 aromatic heterocycles. The van der Waals surface area contributed by atoms with E-state index >= 15 is 0 Å². The zero-order valence-electron chi connectivity index (χ0n) is 23.0. The number of nitrogens with one attached hydrogen (secondary N) is 2. The largest absolute Gasteiger partial charge is 0.447 e. The van der Waals surface area contributed by atoms with Crippen LogP contribution in [0.1, 0.15) is 84.0 Å². The van der Waals surface area contributed by atoms with E-state index in [1.807, 2.05) is 0 Å². The summed E-state index contributed by atoms with van der Waals surface area (Å²) in [5.74, 6) is -3.77. The summed E-state index contributed by atoms with van der Waals surface area (Å²) < 4.78 is 39.2. The number of unbranched alkanes of at least 4 members (excludes halogenated alkanes) is 9. The van der Waals surface area contributed by atoms with Crippen molar-refractivity contribution in [1.82, 2.24) is 15.5 Å². The number of ether oxygens (including phenoxy) is 2. The van der Waals surface area contributed by atoms with E-state index in [0.29, 0.717) is 11.4 Å². The summed E-state index contributed by atoms with van der Waals surface area (Å²) in [4.78, 5) is 24.5. The molecule has 0 bridgehead atoms. The van der Waals surface area contributed by atoms with E-state index in [1.54, 1.807) is 0 Å². The van der Waals surface area contributed by atoms with Crippen LogP contribution < -0.4 is 16.4 Å². The maximum absolute atomic E-state index is 14.5. The van der Waals surface area contributed by atoms with Gasteiger partial charge in [0.15, 0.2) is 6.10 Å². The molecule has 3 amide bonds. The summed E-state index contributed by atoms with van der Waals surface area (Å²) in [5.41, 5.74) is 5.52. The average molecular weight is 557 g/mol. The van der Waals surface area contributed by atoms with Crippen molar-refractivity contribution in [3.05, 3.63) is 36.6 Å². The summed E-state index contributed by atoms with van der Waals surface area (Å²) in [7, 11) is 0. The number of urea groups is 1. The molecule has 9 nitrogen and oxygen atoms in total. The molecule has 39 heavy (non-hydrogen) atoms. The number of alkyl carbamates (subject to hydrolysis) is 1. The van der Waals surface area contributed by atoms with Crippen LogP contribution in [-0.4, -0.2) is 65.8 Å².